The Morgan fingerprint density at radius 3 is 2.91 bits per heavy atom. The SMILES string of the molecule is CC(C)(CCO)CNC(=O)Nc1cn[nH]c1-c1ccccn1. The van der Waals surface area contributed by atoms with Gasteiger partial charge in [0.05, 0.1) is 17.6 Å². The molecule has 0 fully saturated rings. The summed E-state index contributed by atoms with van der Waals surface area (Å²) in [7, 11) is 0. The Morgan fingerprint density at radius 1 is 1.41 bits per heavy atom. The van der Waals surface area contributed by atoms with E-state index in [1.807, 2.05) is 32.0 Å². The number of carbonyl (C=O) groups is 1. The van der Waals surface area contributed by atoms with Gasteiger partial charge in [0.1, 0.15) is 5.69 Å². The number of hydrogen-bond donors (Lipinski definition) is 4. The number of nitrogens with one attached hydrogen (secondary N) is 3. The van der Waals surface area contributed by atoms with E-state index in [1.54, 1.807) is 12.4 Å². The zero-order valence-corrected chi connectivity index (χ0v) is 12.8. The van der Waals surface area contributed by atoms with E-state index in [0.717, 1.165) is 0 Å². The minimum Gasteiger partial charge on any atom is -0.396 e. The molecule has 0 spiro atoms. The van der Waals surface area contributed by atoms with Gasteiger partial charge in [-0.1, -0.05) is 19.9 Å². The average molecular weight is 303 g/mol. The lowest BCUT2D eigenvalue weighted by atomic mass is 9.90. The van der Waals surface area contributed by atoms with Gasteiger partial charge < -0.3 is 15.7 Å². The van der Waals surface area contributed by atoms with E-state index in [2.05, 4.69) is 25.8 Å². The Kier molecular flexibility index (Phi) is 5.11. The second kappa shape index (κ2) is 7.04. The Labute approximate surface area is 129 Å². The van der Waals surface area contributed by atoms with Crippen LogP contribution in [0.15, 0.2) is 30.6 Å². The smallest absolute Gasteiger partial charge is 0.319 e. The lowest BCUT2D eigenvalue weighted by Crippen LogP contribution is -2.37. The van der Waals surface area contributed by atoms with Crippen LogP contribution in [0, 0.1) is 5.41 Å². The third kappa shape index (κ3) is 4.29. The maximum Gasteiger partial charge on any atom is 0.319 e. The second-order valence-electron chi connectivity index (χ2n) is 5.82. The highest BCUT2D eigenvalue weighted by Gasteiger charge is 2.19. The number of H-pyrrole nitrogens is 1. The van der Waals surface area contributed by atoms with Crippen molar-refractivity contribution in [1.82, 2.24) is 20.5 Å². The van der Waals surface area contributed by atoms with E-state index in [9.17, 15) is 4.79 Å². The number of hydrogen-bond acceptors (Lipinski definition) is 4. The largest absolute Gasteiger partial charge is 0.396 e. The van der Waals surface area contributed by atoms with Gasteiger partial charge in [-0.25, -0.2) is 4.79 Å². The minimum absolute atomic E-state index is 0.0991. The molecule has 7 heteroatoms. The van der Waals surface area contributed by atoms with Crippen molar-refractivity contribution in [1.29, 1.82) is 0 Å². The second-order valence-corrected chi connectivity index (χ2v) is 5.82. The van der Waals surface area contributed by atoms with Crippen LogP contribution in [0.4, 0.5) is 10.5 Å². The summed E-state index contributed by atoms with van der Waals surface area (Å²) >= 11 is 0. The molecule has 0 unspecified atom stereocenters. The first-order valence-electron chi connectivity index (χ1n) is 7.12. The van der Waals surface area contributed by atoms with Crippen molar-refractivity contribution < 1.29 is 9.90 Å². The van der Waals surface area contributed by atoms with Crippen molar-refractivity contribution >= 4 is 11.7 Å². The number of amides is 2. The van der Waals surface area contributed by atoms with Gasteiger partial charge in [0.25, 0.3) is 0 Å². The quantitative estimate of drug-likeness (QED) is 0.655. The number of aromatic nitrogens is 3. The molecule has 2 rings (SSSR count). The van der Waals surface area contributed by atoms with Crippen LogP contribution in [0.5, 0.6) is 0 Å². The molecule has 2 amide bonds. The monoisotopic (exact) mass is 303 g/mol. The zero-order valence-electron chi connectivity index (χ0n) is 12.8. The number of anilines is 1. The highest BCUT2D eigenvalue weighted by molar-refractivity contribution is 5.92. The van der Waals surface area contributed by atoms with Crippen molar-refractivity contribution in [2.45, 2.75) is 20.3 Å². The molecule has 0 saturated heterocycles. The molecule has 0 bridgehead atoms. The molecule has 7 nitrogen and oxygen atoms in total. The fourth-order valence-electron chi connectivity index (χ4n) is 1.96. The number of aromatic amines is 1. The number of rotatable bonds is 6. The molecule has 2 heterocycles. The molecule has 0 radical (unpaired) electrons. The van der Waals surface area contributed by atoms with Crippen molar-refractivity contribution in [3.63, 3.8) is 0 Å². The van der Waals surface area contributed by atoms with Crippen LogP contribution >= 0.6 is 0 Å². The first-order valence-corrected chi connectivity index (χ1v) is 7.12. The Morgan fingerprint density at radius 2 is 2.23 bits per heavy atom. The molecular formula is C15H21N5O2. The van der Waals surface area contributed by atoms with Crippen LogP contribution < -0.4 is 10.6 Å². The van der Waals surface area contributed by atoms with Gasteiger partial charge in [0, 0.05) is 19.3 Å². The predicted octanol–water partition coefficient (Wildman–Crippen LogP) is 2.00. The fourth-order valence-corrected chi connectivity index (χ4v) is 1.96. The van der Waals surface area contributed by atoms with Gasteiger partial charge in [-0.3, -0.25) is 10.1 Å². The Bertz CT molecular complexity index is 609. The summed E-state index contributed by atoms with van der Waals surface area (Å²) in [5.74, 6) is 0. The topological polar surface area (TPSA) is 103 Å². The average Bonchev–Trinajstić information content (AvgIpc) is 2.94. The lowest BCUT2D eigenvalue weighted by Gasteiger charge is -2.23. The summed E-state index contributed by atoms with van der Waals surface area (Å²) in [5.41, 5.74) is 1.77. The molecule has 2 aromatic rings. The Hall–Kier alpha value is -2.41. The van der Waals surface area contributed by atoms with E-state index in [1.165, 1.54) is 0 Å². The van der Waals surface area contributed by atoms with Crippen LogP contribution in [0.2, 0.25) is 0 Å². The molecule has 0 saturated carbocycles. The molecule has 0 aliphatic rings. The third-order valence-electron chi connectivity index (χ3n) is 3.32. The summed E-state index contributed by atoms with van der Waals surface area (Å²) < 4.78 is 0. The standard InChI is InChI=1S/C15H21N5O2/c1-15(2,6-8-21)10-17-14(22)19-12-9-18-20-13(12)11-5-3-4-7-16-11/h3-5,7,9,21H,6,8,10H2,1-2H3,(H,18,20)(H2,17,19,22). The van der Waals surface area contributed by atoms with Crippen LogP contribution in [0.1, 0.15) is 20.3 Å². The van der Waals surface area contributed by atoms with Gasteiger partial charge in [0.15, 0.2) is 0 Å². The first-order chi connectivity index (χ1) is 10.5. The normalized spacial score (nSPS) is 11.2. The molecule has 22 heavy (non-hydrogen) atoms. The van der Waals surface area contributed by atoms with Crippen LogP contribution in [0.3, 0.4) is 0 Å². The van der Waals surface area contributed by atoms with Crippen LogP contribution in [0.25, 0.3) is 11.4 Å². The van der Waals surface area contributed by atoms with Gasteiger partial charge in [-0.2, -0.15) is 5.10 Å². The third-order valence-corrected chi connectivity index (χ3v) is 3.32. The predicted molar refractivity (Wildman–Crippen MR) is 84.3 cm³/mol. The van der Waals surface area contributed by atoms with E-state index in [-0.39, 0.29) is 18.1 Å². The van der Waals surface area contributed by atoms with Crippen molar-refractivity contribution in [2.75, 3.05) is 18.5 Å². The molecule has 0 aromatic carbocycles. The summed E-state index contributed by atoms with van der Waals surface area (Å²) in [5, 5.41) is 21.3. The van der Waals surface area contributed by atoms with Gasteiger partial charge in [0.2, 0.25) is 0 Å². The highest BCUT2D eigenvalue weighted by atomic mass is 16.3. The first kappa shape index (κ1) is 16.0. The summed E-state index contributed by atoms with van der Waals surface area (Å²) in [6, 6.07) is 5.21. The van der Waals surface area contributed by atoms with E-state index < -0.39 is 0 Å². The van der Waals surface area contributed by atoms with E-state index in [4.69, 9.17) is 5.11 Å². The minimum atomic E-state index is -0.315. The molecule has 0 atom stereocenters. The molecular weight excluding hydrogens is 282 g/mol. The van der Waals surface area contributed by atoms with Gasteiger partial charge in [-0.15, -0.1) is 0 Å². The van der Waals surface area contributed by atoms with Crippen LogP contribution in [-0.2, 0) is 0 Å². The summed E-state index contributed by atoms with van der Waals surface area (Å²) in [4.78, 5) is 16.2. The molecule has 4 N–H and O–H groups in total. The van der Waals surface area contributed by atoms with Crippen LogP contribution in [-0.4, -0.2) is 39.5 Å². The molecule has 118 valence electrons. The Balaban J connectivity index is 1.97. The maximum absolute atomic E-state index is 12.0. The fraction of sp³-hybridized carbons (Fsp3) is 0.400. The zero-order chi connectivity index (χ0) is 16.0. The van der Waals surface area contributed by atoms with Gasteiger partial charge in [-0.05, 0) is 24.0 Å². The van der Waals surface area contributed by atoms with E-state index >= 15 is 0 Å². The number of nitrogens with zero attached hydrogens (tertiary/aromatic N) is 2. The van der Waals surface area contributed by atoms with Crippen molar-refractivity contribution in [2.24, 2.45) is 5.41 Å². The number of urea groups is 1. The summed E-state index contributed by atoms with van der Waals surface area (Å²) in [6.45, 7) is 4.54. The number of aliphatic hydroxyl groups is 1. The summed E-state index contributed by atoms with van der Waals surface area (Å²) in [6.07, 6.45) is 3.85. The lowest BCUT2D eigenvalue weighted by molar-refractivity contribution is 0.204. The van der Waals surface area contributed by atoms with Gasteiger partial charge >= 0.3 is 6.03 Å². The number of carbonyl (C=O) groups excluding carboxylic acids is 1. The van der Waals surface area contributed by atoms with Crippen molar-refractivity contribution in [3.05, 3.63) is 30.6 Å². The molecule has 2 aromatic heterocycles. The molecule has 0 aliphatic carbocycles. The number of pyridine rings is 1. The number of aliphatic hydroxyl groups excluding tert-OH is 1. The molecule has 0 aliphatic heterocycles. The van der Waals surface area contributed by atoms with E-state index in [0.29, 0.717) is 30.0 Å². The van der Waals surface area contributed by atoms with Crippen molar-refractivity contribution in [3.8, 4) is 11.4 Å². The maximum atomic E-state index is 12.0. The highest BCUT2D eigenvalue weighted by Crippen LogP contribution is 2.23.